The van der Waals surface area contributed by atoms with E-state index in [9.17, 15) is 4.79 Å². The van der Waals surface area contributed by atoms with Crippen molar-refractivity contribution in [2.75, 3.05) is 7.11 Å². The van der Waals surface area contributed by atoms with Crippen LogP contribution in [0.2, 0.25) is 5.02 Å². The lowest BCUT2D eigenvalue weighted by Gasteiger charge is -2.11. The molecule has 2 aromatic rings. The van der Waals surface area contributed by atoms with Crippen molar-refractivity contribution in [2.24, 2.45) is 5.73 Å². The first-order chi connectivity index (χ1) is 10.6. The van der Waals surface area contributed by atoms with Crippen LogP contribution in [0.25, 0.3) is 6.08 Å². The highest BCUT2D eigenvalue weighted by atomic mass is 35.5. The molecule has 0 aliphatic rings. The van der Waals surface area contributed by atoms with Gasteiger partial charge >= 0.3 is 0 Å². The molecule has 0 spiro atoms. The molecule has 0 saturated carbocycles. The van der Waals surface area contributed by atoms with E-state index in [0.29, 0.717) is 23.1 Å². The van der Waals surface area contributed by atoms with Gasteiger partial charge < -0.3 is 15.2 Å². The fourth-order valence-electron chi connectivity index (χ4n) is 1.89. The van der Waals surface area contributed by atoms with Gasteiger partial charge in [-0.3, -0.25) is 4.79 Å². The summed E-state index contributed by atoms with van der Waals surface area (Å²) < 4.78 is 11.0. The Kier molecular flexibility index (Phi) is 5.44. The van der Waals surface area contributed by atoms with Crippen molar-refractivity contribution < 1.29 is 14.3 Å². The van der Waals surface area contributed by atoms with E-state index in [0.717, 1.165) is 11.1 Å². The Morgan fingerprint density at radius 3 is 2.59 bits per heavy atom. The minimum atomic E-state index is -0.491. The van der Waals surface area contributed by atoms with Crippen molar-refractivity contribution in [3.8, 4) is 11.5 Å². The Morgan fingerprint density at radius 1 is 1.23 bits per heavy atom. The summed E-state index contributed by atoms with van der Waals surface area (Å²) in [5.41, 5.74) is 6.80. The second-order valence-corrected chi connectivity index (χ2v) is 4.99. The lowest BCUT2D eigenvalue weighted by Crippen LogP contribution is -2.05. The van der Waals surface area contributed by atoms with Crippen LogP contribution in [0.1, 0.15) is 11.1 Å². The van der Waals surface area contributed by atoms with E-state index >= 15 is 0 Å². The molecule has 22 heavy (non-hydrogen) atoms. The minimum absolute atomic E-state index is 0.336. The fourth-order valence-corrected chi connectivity index (χ4v) is 2.01. The average Bonchev–Trinajstić information content (AvgIpc) is 2.52. The molecule has 4 nitrogen and oxygen atoms in total. The zero-order chi connectivity index (χ0) is 15.9. The van der Waals surface area contributed by atoms with Gasteiger partial charge in [0, 0.05) is 16.7 Å². The van der Waals surface area contributed by atoms with Gasteiger partial charge in [-0.25, -0.2) is 0 Å². The smallest absolute Gasteiger partial charge is 0.241 e. The van der Waals surface area contributed by atoms with Crippen LogP contribution < -0.4 is 15.2 Å². The lowest BCUT2D eigenvalue weighted by atomic mass is 10.1. The number of carbonyl (C=O) groups is 1. The maximum atomic E-state index is 10.8. The van der Waals surface area contributed by atoms with Gasteiger partial charge in [-0.15, -0.1) is 0 Å². The second-order valence-electron chi connectivity index (χ2n) is 4.55. The Morgan fingerprint density at radius 2 is 1.95 bits per heavy atom. The summed E-state index contributed by atoms with van der Waals surface area (Å²) >= 11 is 5.84. The average molecular weight is 318 g/mol. The number of methoxy groups -OCH3 is 1. The molecule has 0 fully saturated rings. The topological polar surface area (TPSA) is 61.5 Å². The first-order valence-corrected chi connectivity index (χ1v) is 6.99. The molecule has 0 unspecified atom stereocenters. The Hall–Kier alpha value is -2.46. The summed E-state index contributed by atoms with van der Waals surface area (Å²) in [4.78, 5) is 10.8. The summed E-state index contributed by atoms with van der Waals surface area (Å²) in [6.45, 7) is 0.336. The summed E-state index contributed by atoms with van der Waals surface area (Å²) in [5.74, 6) is 0.935. The van der Waals surface area contributed by atoms with Crippen LogP contribution in [-0.4, -0.2) is 13.0 Å². The van der Waals surface area contributed by atoms with Gasteiger partial charge in [-0.1, -0.05) is 17.7 Å². The van der Waals surface area contributed by atoms with Crippen molar-refractivity contribution in [3.63, 3.8) is 0 Å². The van der Waals surface area contributed by atoms with E-state index in [1.807, 2.05) is 18.2 Å². The van der Waals surface area contributed by atoms with Crippen LogP contribution >= 0.6 is 11.6 Å². The Balaban J connectivity index is 2.15. The highest BCUT2D eigenvalue weighted by Crippen LogP contribution is 2.23. The minimum Gasteiger partial charge on any atom is -0.496 e. The van der Waals surface area contributed by atoms with Crippen LogP contribution in [0, 0.1) is 0 Å². The summed E-state index contributed by atoms with van der Waals surface area (Å²) in [7, 11) is 1.60. The Bertz CT molecular complexity index is 681. The highest BCUT2D eigenvalue weighted by Gasteiger charge is 2.05. The molecule has 0 radical (unpaired) electrons. The van der Waals surface area contributed by atoms with E-state index in [4.69, 9.17) is 26.8 Å². The van der Waals surface area contributed by atoms with Crippen molar-refractivity contribution in [3.05, 3.63) is 64.7 Å². The van der Waals surface area contributed by atoms with E-state index < -0.39 is 5.91 Å². The number of amides is 1. The number of rotatable bonds is 6. The van der Waals surface area contributed by atoms with Crippen LogP contribution in [0.3, 0.4) is 0 Å². The van der Waals surface area contributed by atoms with Crippen molar-refractivity contribution in [2.45, 2.75) is 6.61 Å². The monoisotopic (exact) mass is 317 g/mol. The molecule has 0 atom stereocenters. The van der Waals surface area contributed by atoms with Crippen LogP contribution in [0.4, 0.5) is 0 Å². The van der Waals surface area contributed by atoms with Crippen molar-refractivity contribution in [1.29, 1.82) is 0 Å². The van der Waals surface area contributed by atoms with Crippen molar-refractivity contribution in [1.82, 2.24) is 0 Å². The molecule has 2 aromatic carbocycles. The third-order valence-corrected chi connectivity index (χ3v) is 3.20. The number of benzene rings is 2. The molecule has 2 rings (SSSR count). The van der Waals surface area contributed by atoms with Crippen molar-refractivity contribution >= 4 is 23.6 Å². The maximum Gasteiger partial charge on any atom is 0.241 e. The molecular weight excluding hydrogens is 302 g/mol. The zero-order valence-corrected chi connectivity index (χ0v) is 12.8. The number of ether oxygens (including phenoxy) is 2. The first kappa shape index (κ1) is 15.9. The standard InChI is InChI=1S/C17H16ClNO3/c1-21-16-8-2-12(3-9-17(19)20)10-13(16)11-22-15-6-4-14(18)5-7-15/h2-10H,11H2,1H3,(H2,19,20)/b9-3-. The largest absolute Gasteiger partial charge is 0.496 e. The molecule has 5 heteroatoms. The number of primary amides is 1. The molecule has 0 aliphatic heterocycles. The third kappa shape index (κ3) is 4.53. The van der Waals surface area contributed by atoms with Crippen LogP contribution in [-0.2, 0) is 11.4 Å². The van der Waals surface area contributed by atoms with Gasteiger partial charge in [0.25, 0.3) is 0 Å². The van der Waals surface area contributed by atoms with Gasteiger partial charge in [-0.2, -0.15) is 0 Å². The summed E-state index contributed by atoms with van der Waals surface area (Å²) in [5, 5.41) is 0.656. The van der Waals surface area contributed by atoms with Gasteiger partial charge in [-0.05, 0) is 48.0 Å². The highest BCUT2D eigenvalue weighted by molar-refractivity contribution is 6.30. The number of carbonyl (C=O) groups excluding carboxylic acids is 1. The number of halogens is 1. The lowest BCUT2D eigenvalue weighted by molar-refractivity contribution is -0.113. The molecule has 0 aliphatic carbocycles. The SMILES string of the molecule is COc1ccc(/C=C\C(N)=O)cc1COc1ccc(Cl)cc1. The fraction of sp³-hybridized carbons (Fsp3) is 0.118. The molecule has 2 N–H and O–H groups in total. The van der Waals surface area contributed by atoms with Crippen LogP contribution in [0.15, 0.2) is 48.5 Å². The molecule has 0 saturated heterocycles. The summed E-state index contributed by atoms with van der Waals surface area (Å²) in [6.07, 6.45) is 2.96. The normalized spacial score (nSPS) is 10.6. The van der Waals surface area contributed by atoms with E-state index in [2.05, 4.69) is 0 Å². The molecular formula is C17H16ClNO3. The zero-order valence-electron chi connectivity index (χ0n) is 12.1. The number of nitrogens with two attached hydrogens (primary N) is 1. The molecule has 0 bridgehead atoms. The van der Waals surface area contributed by atoms with Gasteiger partial charge in [0.15, 0.2) is 0 Å². The molecule has 0 aromatic heterocycles. The maximum absolute atomic E-state index is 10.8. The third-order valence-electron chi connectivity index (χ3n) is 2.95. The molecule has 1 amide bonds. The second kappa shape index (κ2) is 7.52. The summed E-state index contributed by atoms with van der Waals surface area (Å²) in [6, 6.07) is 12.7. The van der Waals surface area contributed by atoms with Crippen LogP contribution in [0.5, 0.6) is 11.5 Å². The Labute approximate surface area is 134 Å². The van der Waals surface area contributed by atoms with E-state index in [1.54, 1.807) is 37.5 Å². The quantitative estimate of drug-likeness (QED) is 0.830. The van der Waals surface area contributed by atoms with Gasteiger partial charge in [0.1, 0.15) is 18.1 Å². The predicted octanol–water partition coefficient (Wildman–Crippen LogP) is 3.43. The first-order valence-electron chi connectivity index (χ1n) is 6.61. The van der Waals surface area contributed by atoms with E-state index in [1.165, 1.54) is 6.08 Å². The molecule has 114 valence electrons. The van der Waals surface area contributed by atoms with Gasteiger partial charge in [0.05, 0.1) is 7.11 Å². The number of hydrogen-bond donors (Lipinski definition) is 1. The van der Waals surface area contributed by atoms with Gasteiger partial charge in [0.2, 0.25) is 5.91 Å². The molecule has 0 heterocycles. The predicted molar refractivity (Wildman–Crippen MR) is 87.0 cm³/mol. The number of hydrogen-bond acceptors (Lipinski definition) is 3. The van der Waals surface area contributed by atoms with E-state index in [-0.39, 0.29) is 0 Å².